The van der Waals surface area contributed by atoms with Crippen LogP contribution in [0, 0.1) is 10.1 Å². The number of amidine groups is 1. The van der Waals surface area contributed by atoms with Gasteiger partial charge in [0.25, 0.3) is 11.6 Å². The van der Waals surface area contributed by atoms with Crippen LogP contribution in [0.3, 0.4) is 0 Å². The van der Waals surface area contributed by atoms with Crippen molar-refractivity contribution in [1.82, 2.24) is 4.90 Å². The molecule has 3 rings (SSSR count). The molecule has 1 amide bonds. The smallest absolute Gasteiger partial charge is 0.269 e. The van der Waals surface area contributed by atoms with Crippen molar-refractivity contribution in [3.63, 3.8) is 0 Å². The number of aliphatic imine (C=N–C) groups is 1. The quantitative estimate of drug-likeness (QED) is 0.551. The number of nitro groups is 1. The fraction of sp³-hybridized carbons (Fsp3) is 0.176. The third-order valence-electron chi connectivity index (χ3n) is 3.63. The van der Waals surface area contributed by atoms with E-state index in [1.165, 1.54) is 23.9 Å². The highest BCUT2D eigenvalue weighted by Gasteiger charge is 2.25. The maximum absolute atomic E-state index is 12.7. The number of hydrogen-bond acceptors (Lipinski definition) is 5. The van der Waals surface area contributed by atoms with Crippen molar-refractivity contribution < 1.29 is 9.72 Å². The van der Waals surface area contributed by atoms with Crippen LogP contribution in [0.2, 0.25) is 0 Å². The van der Waals surface area contributed by atoms with Gasteiger partial charge in [-0.2, -0.15) is 0 Å². The molecule has 25 heavy (non-hydrogen) atoms. The number of halogens is 1. The molecule has 1 aliphatic rings. The van der Waals surface area contributed by atoms with Crippen molar-refractivity contribution in [3.8, 4) is 0 Å². The molecule has 2 aromatic carbocycles. The summed E-state index contributed by atoms with van der Waals surface area (Å²) in [6.07, 6.45) is 0. The molecular formula is C17H14BrN3O3S. The van der Waals surface area contributed by atoms with Gasteiger partial charge in [0.1, 0.15) is 0 Å². The first-order valence-corrected chi connectivity index (χ1v) is 9.30. The molecule has 0 saturated heterocycles. The van der Waals surface area contributed by atoms with E-state index < -0.39 is 4.92 Å². The van der Waals surface area contributed by atoms with E-state index >= 15 is 0 Å². The van der Waals surface area contributed by atoms with E-state index in [2.05, 4.69) is 20.9 Å². The standard InChI is InChI=1S/C17H14BrN3O3S/c18-14-3-1-2-13(10-14)16(22)20-9-8-19-17(20)25-11-12-4-6-15(7-5-12)21(23)24/h1-7,10H,8-9,11H2. The number of non-ortho nitro benzene ring substituents is 1. The van der Waals surface area contributed by atoms with Crippen LogP contribution in [-0.4, -0.2) is 34.0 Å². The van der Waals surface area contributed by atoms with Gasteiger partial charge < -0.3 is 0 Å². The maximum atomic E-state index is 12.7. The SMILES string of the molecule is O=C(c1cccc(Br)c1)N1CCN=C1SCc1ccc([N+](=O)[O-])cc1. The molecule has 6 nitrogen and oxygen atoms in total. The van der Waals surface area contributed by atoms with E-state index in [4.69, 9.17) is 0 Å². The van der Waals surface area contributed by atoms with E-state index in [0.29, 0.717) is 29.6 Å². The predicted molar refractivity (Wildman–Crippen MR) is 102 cm³/mol. The van der Waals surface area contributed by atoms with E-state index in [9.17, 15) is 14.9 Å². The fourth-order valence-electron chi connectivity index (χ4n) is 2.38. The average molecular weight is 420 g/mol. The topological polar surface area (TPSA) is 75.8 Å². The van der Waals surface area contributed by atoms with Crippen molar-refractivity contribution in [3.05, 3.63) is 74.2 Å². The molecular weight excluding hydrogens is 406 g/mol. The minimum Gasteiger partial charge on any atom is -0.286 e. The van der Waals surface area contributed by atoms with Crippen molar-refractivity contribution in [2.24, 2.45) is 4.99 Å². The van der Waals surface area contributed by atoms with Gasteiger partial charge in [-0.3, -0.25) is 24.8 Å². The second-order valence-corrected chi connectivity index (χ2v) is 7.20. The minimum atomic E-state index is -0.420. The van der Waals surface area contributed by atoms with Gasteiger partial charge in [-0.25, -0.2) is 0 Å². The molecule has 1 aliphatic heterocycles. The zero-order valence-corrected chi connectivity index (χ0v) is 15.5. The molecule has 2 aromatic rings. The highest BCUT2D eigenvalue weighted by atomic mass is 79.9. The number of rotatable bonds is 4. The van der Waals surface area contributed by atoms with Gasteiger partial charge in [0.05, 0.1) is 11.5 Å². The average Bonchev–Trinajstić information content (AvgIpc) is 3.08. The van der Waals surface area contributed by atoms with Crippen molar-refractivity contribution >= 4 is 44.5 Å². The first-order valence-electron chi connectivity index (χ1n) is 7.52. The molecule has 0 fully saturated rings. The first-order chi connectivity index (χ1) is 12.0. The molecule has 0 atom stereocenters. The van der Waals surface area contributed by atoms with Crippen LogP contribution in [0.25, 0.3) is 0 Å². The lowest BCUT2D eigenvalue weighted by Crippen LogP contribution is -2.32. The number of thioether (sulfide) groups is 1. The number of nitro benzene ring substituents is 1. The molecule has 0 bridgehead atoms. The number of benzene rings is 2. The third kappa shape index (κ3) is 4.26. The van der Waals surface area contributed by atoms with Gasteiger partial charge in [0, 0.05) is 34.5 Å². The van der Waals surface area contributed by atoms with Crippen molar-refractivity contribution in [2.75, 3.05) is 13.1 Å². The molecule has 128 valence electrons. The second kappa shape index (κ2) is 7.79. The Hall–Kier alpha value is -2.19. The Morgan fingerprint density at radius 1 is 1.28 bits per heavy atom. The van der Waals surface area contributed by atoms with Gasteiger partial charge in [0.15, 0.2) is 5.17 Å². The van der Waals surface area contributed by atoms with E-state index in [0.717, 1.165) is 10.0 Å². The molecule has 0 radical (unpaired) electrons. The Morgan fingerprint density at radius 2 is 2.04 bits per heavy atom. The van der Waals surface area contributed by atoms with Crippen LogP contribution < -0.4 is 0 Å². The maximum Gasteiger partial charge on any atom is 0.269 e. The molecule has 1 heterocycles. The largest absolute Gasteiger partial charge is 0.286 e. The normalized spacial score (nSPS) is 13.6. The summed E-state index contributed by atoms with van der Waals surface area (Å²) in [6.45, 7) is 1.15. The van der Waals surface area contributed by atoms with E-state index in [1.807, 2.05) is 12.1 Å². The Labute approximate surface area is 157 Å². The summed E-state index contributed by atoms with van der Waals surface area (Å²) in [5.74, 6) is 0.521. The third-order valence-corrected chi connectivity index (χ3v) is 5.21. The molecule has 0 spiro atoms. The van der Waals surface area contributed by atoms with Gasteiger partial charge in [-0.1, -0.05) is 45.9 Å². The zero-order chi connectivity index (χ0) is 17.8. The highest BCUT2D eigenvalue weighted by molar-refractivity contribution is 9.10. The van der Waals surface area contributed by atoms with Crippen LogP contribution in [0.5, 0.6) is 0 Å². The summed E-state index contributed by atoms with van der Waals surface area (Å²) in [5.41, 5.74) is 1.62. The van der Waals surface area contributed by atoms with Gasteiger partial charge in [-0.05, 0) is 23.8 Å². The van der Waals surface area contributed by atoms with E-state index in [1.54, 1.807) is 29.2 Å². The number of nitrogens with zero attached hydrogens (tertiary/aromatic N) is 3. The molecule has 0 saturated carbocycles. The van der Waals surface area contributed by atoms with Crippen LogP contribution in [0.15, 0.2) is 58.0 Å². The Balaban J connectivity index is 1.65. The van der Waals surface area contributed by atoms with Crippen molar-refractivity contribution in [2.45, 2.75) is 5.75 Å². The molecule has 0 N–H and O–H groups in total. The van der Waals surface area contributed by atoms with Gasteiger partial charge in [0.2, 0.25) is 0 Å². The first kappa shape index (κ1) is 17.6. The lowest BCUT2D eigenvalue weighted by atomic mass is 10.2. The Kier molecular flexibility index (Phi) is 5.50. The van der Waals surface area contributed by atoms with Crippen LogP contribution in [-0.2, 0) is 5.75 Å². The van der Waals surface area contributed by atoms with E-state index in [-0.39, 0.29) is 11.6 Å². The summed E-state index contributed by atoms with van der Waals surface area (Å²) >= 11 is 4.84. The minimum absolute atomic E-state index is 0.0680. The second-order valence-electron chi connectivity index (χ2n) is 5.34. The fourth-order valence-corrected chi connectivity index (χ4v) is 3.78. The lowest BCUT2D eigenvalue weighted by molar-refractivity contribution is -0.384. The molecule has 0 unspecified atom stereocenters. The molecule has 0 aromatic heterocycles. The van der Waals surface area contributed by atoms with Crippen LogP contribution >= 0.6 is 27.7 Å². The summed E-state index contributed by atoms with van der Waals surface area (Å²) in [7, 11) is 0. The number of carbonyl (C=O) groups is 1. The summed E-state index contributed by atoms with van der Waals surface area (Å²) in [6, 6.07) is 13.7. The lowest BCUT2D eigenvalue weighted by Gasteiger charge is -2.18. The monoisotopic (exact) mass is 419 g/mol. The molecule has 8 heteroatoms. The summed E-state index contributed by atoms with van der Waals surface area (Å²) < 4.78 is 0.856. The highest BCUT2D eigenvalue weighted by Crippen LogP contribution is 2.23. The van der Waals surface area contributed by atoms with Crippen molar-refractivity contribution in [1.29, 1.82) is 0 Å². The Morgan fingerprint density at radius 3 is 2.72 bits per heavy atom. The number of hydrogen-bond donors (Lipinski definition) is 0. The van der Waals surface area contributed by atoms with Crippen LogP contribution in [0.1, 0.15) is 15.9 Å². The summed E-state index contributed by atoms with van der Waals surface area (Å²) in [5, 5.41) is 11.4. The molecule has 0 aliphatic carbocycles. The number of amides is 1. The van der Waals surface area contributed by atoms with Gasteiger partial charge >= 0.3 is 0 Å². The van der Waals surface area contributed by atoms with Gasteiger partial charge in [-0.15, -0.1) is 0 Å². The summed E-state index contributed by atoms with van der Waals surface area (Å²) in [4.78, 5) is 29.0. The predicted octanol–water partition coefficient (Wildman–Crippen LogP) is 4.10. The number of carbonyl (C=O) groups excluding carboxylic acids is 1. The Bertz CT molecular complexity index is 839. The zero-order valence-electron chi connectivity index (χ0n) is 13.1. The van der Waals surface area contributed by atoms with Crippen LogP contribution in [0.4, 0.5) is 5.69 Å².